The number of nitrogens with zero attached hydrogens (tertiary/aromatic N) is 1. The summed E-state index contributed by atoms with van der Waals surface area (Å²) < 4.78 is 23.4. The van der Waals surface area contributed by atoms with Gasteiger partial charge in [0.2, 0.25) is 12.5 Å². The van der Waals surface area contributed by atoms with Gasteiger partial charge in [0.25, 0.3) is 5.56 Å². The molecule has 23 heavy (non-hydrogen) atoms. The largest absolute Gasteiger partial charge is 0.495 e. The number of ether oxygens (including phenoxy) is 4. The number of hydrogen-bond acceptors (Lipinski definition) is 5. The Morgan fingerprint density at radius 3 is 2.70 bits per heavy atom. The Hall–Kier alpha value is -2.89. The number of rotatable bonds is 2. The lowest BCUT2D eigenvalue weighted by atomic mass is 10.0. The van der Waals surface area contributed by atoms with Crippen LogP contribution in [0.4, 0.5) is 0 Å². The minimum atomic E-state index is -0.174. The molecule has 0 aliphatic carbocycles. The molecule has 0 spiro atoms. The molecule has 0 saturated carbocycles. The average molecular weight is 313 g/mol. The Balaban J connectivity index is 2.31. The van der Waals surface area contributed by atoms with E-state index in [-0.39, 0.29) is 12.4 Å². The second-order valence-corrected chi connectivity index (χ2v) is 5.29. The predicted octanol–water partition coefficient (Wildman–Crippen LogP) is 2.44. The number of aromatic nitrogens is 1. The van der Waals surface area contributed by atoms with Crippen LogP contribution in [-0.4, -0.2) is 25.6 Å². The number of benzene rings is 2. The fourth-order valence-electron chi connectivity index (χ4n) is 3.15. The van der Waals surface area contributed by atoms with Gasteiger partial charge >= 0.3 is 0 Å². The van der Waals surface area contributed by atoms with Crippen LogP contribution in [0.25, 0.3) is 21.7 Å². The van der Waals surface area contributed by atoms with Crippen LogP contribution < -0.4 is 24.5 Å². The topological polar surface area (TPSA) is 58.9 Å². The molecule has 0 fully saturated rings. The van der Waals surface area contributed by atoms with Gasteiger partial charge in [-0.15, -0.1) is 0 Å². The van der Waals surface area contributed by atoms with E-state index in [2.05, 4.69) is 0 Å². The molecule has 0 atom stereocenters. The fourth-order valence-corrected chi connectivity index (χ4v) is 3.15. The molecule has 118 valence electrons. The Kier molecular flexibility index (Phi) is 2.87. The number of pyridine rings is 1. The van der Waals surface area contributed by atoms with Crippen molar-refractivity contribution < 1.29 is 18.9 Å². The van der Waals surface area contributed by atoms with Crippen LogP contribution in [0.5, 0.6) is 23.0 Å². The van der Waals surface area contributed by atoms with Crippen molar-refractivity contribution in [2.75, 3.05) is 21.0 Å². The number of para-hydroxylation sites is 1. The first-order chi connectivity index (χ1) is 11.2. The number of fused-ring (bicyclic) bond motifs is 4. The summed E-state index contributed by atoms with van der Waals surface area (Å²) >= 11 is 0. The molecule has 0 bridgehead atoms. The summed E-state index contributed by atoms with van der Waals surface area (Å²) in [7, 11) is 4.83. The second-order valence-electron chi connectivity index (χ2n) is 5.29. The van der Waals surface area contributed by atoms with Gasteiger partial charge in [-0.05, 0) is 12.1 Å². The minimum Gasteiger partial charge on any atom is -0.495 e. The second kappa shape index (κ2) is 4.81. The first kappa shape index (κ1) is 13.8. The van der Waals surface area contributed by atoms with Crippen molar-refractivity contribution in [3.8, 4) is 23.0 Å². The highest BCUT2D eigenvalue weighted by Gasteiger charge is 2.26. The number of hydrogen-bond donors (Lipinski definition) is 0. The first-order valence-electron chi connectivity index (χ1n) is 7.13. The Morgan fingerprint density at radius 1 is 1.13 bits per heavy atom. The quantitative estimate of drug-likeness (QED) is 0.680. The van der Waals surface area contributed by atoms with Crippen molar-refractivity contribution in [2.24, 2.45) is 7.05 Å². The monoisotopic (exact) mass is 313 g/mol. The first-order valence-corrected chi connectivity index (χ1v) is 7.13. The van der Waals surface area contributed by atoms with Gasteiger partial charge in [-0.3, -0.25) is 4.79 Å². The third-order valence-corrected chi connectivity index (χ3v) is 4.19. The van der Waals surface area contributed by atoms with Crippen molar-refractivity contribution in [3.63, 3.8) is 0 Å². The van der Waals surface area contributed by atoms with Gasteiger partial charge in [0.05, 0.1) is 25.1 Å². The number of methoxy groups -OCH3 is 2. The van der Waals surface area contributed by atoms with Gasteiger partial charge in [-0.25, -0.2) is 0 Å². The standard InChI is InChI=1S/C17H15NO5/c1-18-14-9(5-4-6-11(14)20-2)10-7-12-15(23-8-22-12)16(21-3)13(10)17(18)19/h4-7H,8H2,1-3H3. The SMILES string of the molecule is COc1c2c(cc3c1c(=O)n(C)c1c(OC)cccc31)OCO2. The molecule has 2 aromatic carbocycles. The van der Waals surface area contributed by atoms with Crippen molar-refractivity contribution in [1.82, 2.24) is 4.57 Å². The molecular weight excluding hydrogens is 298 g/mol. The van der Waals surface area contributed by atoms with Crippen LogP contribution in [0, 0.1) is 0 Å². The zero-order valence-electron chi connectivity index (χ0n) is 13.0. The molecule has 0 unspecified atom stereocenters. The lowest BCUT2D eigenvalue weighted by molar-refractivity contribution is 0.171. The van der Waals surface area contributed by atoms with Crippen molar-refractivity contribution in [3.05, 3.63) is 34.6 Å². The van der Waals surface area contributed by atoms with Gasteiger partial charge in [0.15, 0.2) is 11.5 Å². The van der Waals surface area contributed by atoms with Crippen molar-refractivity contribution in [1.29, 1.82) is 0 Å². The van der Waals surface area contributed by atoms with E-state index < -0.39 is 0 Å². The van der Waals surface area contributed by atoms with Crippen LogP contribution in [0.3, 0.4) is 0 Å². The fraction of sp³-hybridized carbons (Fsp3) is 0.235. The zero-order chi connectivity index (χ0) is 16.1. The summed E-state index contributed by atoms with van der Waals surface area (Å²) in [5.74, 6) is 2.09. The summed E-state index contributed by atoms with van der Waals surface area (Å²) in [5, 5.41) is 2.11. The van der Waals surface area contributed by atoms with Crippen LogP contribution in [0.1, 0.15) is 0 Å². The molecule has 0 N–H and O–H groups in total. The van der Waals surface area contributed by atoms with Crippen LogP contribution in [0.2, 0.25) is 0 Å². The van der Waals surface area contributed by atoms with E-state index >= 15 is 0 Å². The molecule has 4 rings (SSSR count). The molecule has 1 aromatic heterocycles. The third-order valence-electron chi connectivity index (χ3n) is 4.19. The van der Waals surface area contributed by atoms with E-state index in [4.69, 9.17) is 18.9 Å². The van der Waals surface area contributed by atoms with E-state index in [1.54, 1.807) is 18.7 Å². The van der Waals surface area contributed by atoms with E-state index in [0.29, 0.717) is 28.4 Å². The predicted molar refractivity (Wildman–Crippen MR) is 85.9 cm³/mol. The zero-order valence-corrected chi connectivity index (χ0v) is 13.0. The van der Waals surface area contributed by atoms with Gasteiger partial charge in [-0.1, -0.05) is 12.1 Å². The summed E-state index contributed by atoms with van der Waals surface area (Å²) in [6.07, 6.45) is 0. The smallest absolute Gasteiger partial charge is 0.262 e. The Labute approximate surface area is 131 Å². The normalized spacial score (nSPS) is 12.8. The molecule has 1 aliphatic heterocycles. The highest BCUT2D eigenvalue weighted by Crippen LogP contribution is 2.46. The van der Waals surface area contributed by atoms with Gasteiger partial charge in [0.1, 0.15) is 5.75 Å². The Morgan fingerprint density at radius 2 is 1.96 bits per heavy atom. The molecule has 0 radical (unpaired) electrons. The maximum absolute atomic E-state index is 12.9. The molecule has 0 saturated heterocycles. The molecule has 0 amide bonds. The van der Waals surface area contributed by atoms with Crippen molar-refractivity contribution in [2.45, 2.75) is 0 Å². The number of aryl methyl sites for hydroxylation is 1. The molecular formula is C17H15NO5. The maximum atomic E-state index is 12.9. The van der Waals surface area contributed by atoms with E-state index in [9.17, 15) is 4.79 Å². The highest BCUT2D eigenvalue weighted by atomic mass is 16.7. The third kappa shape index (κ3) is 1.72. The van der Waals surface area contributed by atoms with E-state index in [0.717, 1.165) is 16.3 Å². The summed E-state index contributed by atoms with van der Waals surface area (Å²) in [6.45, 7) is 0.115. The van der Waals surface area contributed by atoms with E-state index in [1.807, 2.05) is 24.3 Å². The van der Waals surface area contributed by atoms with Crippen LogP contribution >= 0.6 is 0 Å². The Bertz CT molecular complexity index is 1010. The minimum absolute atomic E-state index is 0.115. The molecule has 6 heteroatoms. The summed E-state index contributed by atoms with van der Waals surface area (Å²) in [6, 6.07) is 7.49. The molecule has 2 heterocycles. The van der Waals surface area contributed by atoms with Crippen molar-refractivity contribution >= 4 is 21.7 Å². The highest BCUT2D eigenvalue weighted by molar-refractivity contribution is 6.10. The molecule has 6 nitrogen and oxygen atoms in total. The average Bonchev–Trinajstić information content (AvgIpc) is 3.05. The molecule has 1 aliphatic rings. The van der Waals surface area contributed by atoms with Gasteiger partial charge in [0, 0.05) is 17.8 Å². The lowest BCUT2D eigenvalue weighted by Crippen LogP contribution is -2.18. The van der Waals surface area contributed by atoms with E-state index in [1.165, 1.54) is 7.11 Å². The summed E-state index contributed by atoms with van der Waals surface area (Å²) in [5.41, 5.74) is 0.556. The lowest BCUT2D eigenvalue weighted by Gasteiger charge is -2.15. The summed E-state index contributed by atoms with van der Waals surface area (Å²) in [4.78, 5) is 12.9. The molecule has 3 aromatic rings. The van der Waals surface area contributed by atoms with Crippen LogP contribution in [-0.2, 0) is 7.05 Å². The van der Waals surface area contributed by atoms with Crippen LogP contribution in [0.15, 0.2) is 29.1 Å². The van der Waals surface area contributed by atoms with Gasteiger partial charge in [-0.2, -0.15) is 0 Å². The van der Waals surface area contributed by atoms with Gasteiger partial charge < -0.3 is 23.5 Å². The maximum Gasteiger partial charge on any atom is 0.262 e.